The molecule has 0 aromatic carbocycles. The van der Waals surface area contributed by atoms with Gasteiger partial charge in [-0.1, -0.05) is 11.8 Å². The van der Waals surface area contributed by atoms with Crippen molar-refractivity contribution in [2.75, 3.05) is 0 Å². The van der Waals surface area contributed by atoms with E-state index in [-0.39, 0.29) is 11.8 Å². The molecular formula is C4F6S. The van der Waals surface area contributed by atoms with Crippen molar-refractivity contribution in [3.05, 3.63) is 9.81 Å². The van der Waals surface area contributed by atoms with Crippen LogP contribution in [0.4, 0.5) is 26.3 Å². The van der Waals surface area contributed by atoms with Crippen molar-refractivity contribution in [2.45, 2.75) is 12.4 Å². The highest BCUT2D eigenvalue weighted by Crippen LogP contribution is 2.60. The fourth-order valence-electron chi connectivity index (χ4n) is 0.450. The first-order valence-electron chi connectivity index (χ1n) is 2.29. The minimum atomic E-state index is -4.84. The van der Waals surface area contributed by atoms with E-state index in [0.29, 0.717) is 0 Å². The van der Waals surface area contributed by atoms with Gasteiger partial charge >= 0.3 is 12.4 Å². The topological polar surface area (TPSA) is 0 Å². The Morgan fingerprint density at radius 1 is 0.727 bits per heavy atom. The highest BCUT2D eigenvalue weighted by Gasteiger charge is 2.56. The Balaban J connectivity index is 2.77. The average molecular weight is 194 g/mol. The Kier molecular flexibility index (Phi) is 1.66. The number of rotatable bonds is 0. The van der Waals surface area contributed by atoms with Crippen molar-refractivity contribution in [3.8, 4) is 0 Å². The van der Waals surface area contributed by atoms with Crippen LogP contribution in [0.5, 0.6) is 0 Å². The molecule has 0 aliphatic carbocycles. The van der Waals surface area contributed by atoms with Gasteiger partial charge in [-0.25, -0.2) is 0 Å². The smallest absolute Gasteiger partial charge is 0.166 e. The van der Waals surface area contributed by atoms with Gasteiger partial charge < -0.3 is 0 Å². The Labute approximate surface area is 61.3 Å². The van der Waals surface area contributed by atoms with Gasteiger partial charge in [-0.3, -0.25) is 0 Å². The second kappa shape index (κ2) is 2.09. The minimum absolute atomic E-state index is 0.266. The van der Waals surface area contributed by atoms with Gasteiger partial charge in [-0.15, -0.1) is 0 Å². The predicted octanol–water partition coefficient (Wildman–Crippen LogP) is 3.07. The second-order valence-electron chi connectivity index (χ2n) is 1.76. The maximum Gasteiger partial charge on any atom is 0.423 e. The van der Waals surface area contributed by atoms with E-state index < -0.39 is 22.2 Å². The molecule has 1 rings (SSSR count). The van der Waals surface area contributed by atoms with E-state index in [1.54, 1.807) is 0 Å². The van der Waals surface area contributed by atoms with Crippen molar-refractivity contribution in [3.63, 3.8) is 0 Å². The van der Waals surface area contributed by atoms with Gasteiger partial charge in [0.05, 0.1) is 0 Å². The van der Waals surface area contributed by atoms with E-state index in [1.807, 2.05) is 0 Å². The largest absolute Gasteiger partial charge is 0.423 e. The summed E-state index contributed by atoms with van der Waals surface area (Å²) in [6.07, 6.45) is -9.68. The zero-order valence-electron chi connectivity index (χ0n) is 4.68. The molecular weight excluding hydrogens is 194 g/mol. The molecule has 0 radical (unpaired) electrons. The van der Waals surface area contributed by atoms with E-state index in [2.05, 4.69) is 0 Å². The fourth-order valence-corrected chi connectivity index (χ4v) is 1.07. The summed E-state index contributed by atoms with van der Waals surface area (Å²) < 4.78 is 68.7. The first kappa shape index (κ1) is 8.76. The van der Waals surface area contributed by atoms with Crippen LogP contribution < -0.4 is 0 Å². The summed E-state index contributed by atoms with van der Waals surface area (Å²) in [5.41, 5.74) is 0. The standard InChI is InChI=1S/C4F6S/c5-3(6,7)1-2(11-1)4(8,9)10. The predicted molar refractivity (Wildman–Crippen MR) is 26.7 cm³/mol. The van der Waals surface area contributed by atoms with Gasteiger partial charge in [-0.2, -0.15) is 26.3 Å². The fraction of sp³-hybridized carbons (Fsp3) is 0.500. The molecule has 0 unspecified atom stereocenters. The lowest BCUT2D eigenvalue weighted by Gasteiger charge is -1.97. The summed E-state index contributed by atoms with van der Waals surface area (Å²) in [5, 5.41) is 0. The molecule has 1 heterocycles. The van der Waals surface area contributed by atoms with E-state index >= 15 is 0 Å². The van der Waals surface area contributed by atoms with Crippen LogP contribution in [-0.2, 0) is 0 Å². The van der Waals surface area contributed by atoms with Crippen LogP contribution in [-0.4, -0.2) is 12.4 Å². The van der Waals surface area contributed by atoms with Crippen LogP contribution in [0.3, 0.4) is 0 Å². The summed E-state index contributed by atoms with van der Waals surface area (Å²) in [6, 6.07) is 0. The lowest BCUT2D eigenvalue weighted by molar-refractivity contribution is -0.0981. The Hall–Kier alpha value is -0.330. The van der Waals surface area contributed by atoms with E-state index in [1.165, 1.54) is 0 Å². The van der Waals surface area contributed by atoms with E-state index in [9.17, 15) is 26.3 Å². The minimum Gasteiger partial charge on any atom is -0.166 e. The van der Waals surface area contributed by atoms with Gasteiger partial charge in [0.1, 0.15) is 9.81 Å². The summed E-state index contributed by atoms with van der Waals surface area (Å²) in [4.78, 5) is -3.05. The lowest BCUT2D eigenvalue weighted by Crippen LogP contribution is -2.07. The van der Waals surface area contributed by atoms with Crippen molar-refractivity contribution in [2.24, 2.45) is 0 Å². The third-order valence-corrected chi connectivity index (χ3v) is 1.96. The SMILES string of the molecule is FC(F)(F)C1=C(C(F)(F)F)S1. The van der Waals surface area contributed by atoms with Crippen molar-refractivity contribution < 1.29 is 26.3 Å². The molecule has 0 saturated carbocycles. The number of allylic oxidation sites excluding steroid dienone is 2. The molecule has 1 aliphatic rings. The molecule has 0 bridgehead atoms. The van der Waals surface area contributed by atoms with E-state index in [4.69, 9.17) is 0 Å². The van der Waals surface area contributed by atoms with Crippen molar-refractivity contribution in [1.82, 2.24) is 0 Å². The molecule has 0 aromatic rings. The zero-order chi connectivity index (χ0) is 8.86. The quantitative estimate of drug-likeness (QED) is 0.534. The average Bonchev–Trinajstić information content (AvgIpc) is 2.30. The molecule has 11 heavy (non-hydrogen) atoms. The van der Waals surface area contributed by atoms with Crippen LogP contribution in [0.15, 0.2) is 9.81 Å². The van der Waals surface area contributed by atoms with Crippen LogP contribution in [0.1, 0.15) is 0 Å². The van der Waals surface area contributed by atoms with Crippen molar-refractivity contribution >= 4 is 11.8 Å². The number of hydrogen-bond acceptors (Lipinski definition) is 1. The maximum atomic E-state index is 11.4. The molecule has 0 amide bonds. The summed E-state index contributed by atoms with van der Waals surface area (Å²) in [5.74, 6) is 0. The van der Waals surface area contributed by atoms with Crippen LogP contribution >= 0.6 is 11.8 Å². The normalized spacial score (nSPS) is 19.1. The number of thioether (sulfide) groups is 1. The van der Waals surface area contributed by atoms with Crippen molar-refractivity contribution in [1.29, 1.82) is 0 Å². The van der Waals surface area contributed by atoms with Gasteiger partial charge in [-0.05, 0) is 0 Å². The Bertz CT molecular complexity index is 186. The third kappa shape index (κ3) is 1.82. The molecule has 64 valence electrons. The number of alkyl halides is 6. The molecule has 1 aliphatic heterocycles. The molecule has 0 N–H and O–H groups in total. The van der Waals surface area contributed by atoms with Gasteiger partial charge in [0.25, 0.3) is 0 Å². The van der Waals surface area contributed by atoms with Gasteiger partial charge in [0, 0.05) is 0 Å². The number of halogens is 6. The van der Waals surface area contributed by atoms with Gasteiger partial charge in [0.15, 0.2) is 0 Å². The monoisotopic (exact) mass is 194 g/mol. The van der Waals surface area contributed by atoms with Crippen LogP contribution in [0.2, 0.25) is 0 Å². The molecule has 0 saturated heterocycles. The second-order valence-corrected chi connectivity index (χ2v) is 2.78. The highest BCUT2D eigenvalue weighted by atomic mass is 32.2. The summed E-state index contributed by atoms with van der Waals surface area (Å²) in [6.45, 7) is 0. The molecule has 0 aromatic heterocycles. The maximum absolute atomic E-state index is 11.4. The Morgan fingerprint density at radius 2 is 1.00 bits per heavy atom. The summed E-state index contributed by atoms with van der Waals surface area (Å²) in [7, 11) is 0. The molecule has 0 nitrogen and oxygen atoms in total. The Morgan fingerprint density at radius 3 is 1.09 bits per heavy atom. The molecule has 0 atom stereocenters. The van der Waals surface area contributed by atoms with Crippen LogP contribution in [0, 0.1) is 0 Å². The molecule has 0 spiro atoms. The first-order chi connectivity index (χ1) is 4.73. The molecule has 0 fully saturated rings. The number of hydrogen-bond donors (Lipinski definition) is 0. The zero-order valence-corrected chi connectivity index (χ0v) is 5.49. The van der Waals surface area contributed by atoms with Gasteiger partial charge in [0.2, 0.25) is 0 Å². The molecule has 7 heteroatoms. The first-order valence-corrected chi connectivity index (χ1v) is 3.11. The van der Waals surface area contributed by atoms with Crippen LogP contribution in [0.25, 0.3) is 0 Å². The summed E-state index contributed by atoms with van der Waals surface area (Å²) >= 11 is -0.266. The third-order valence-electron chi connectivity index (χ3n) is 0.884. The lowest BCUT2D eigenvalue weighted by atomic mass is 10.5. The highest BCUT2D eigenvalue weighted by molar-refractivity contribution is 8.13. The van der Waals surface area contributed by atoms with E-state index in [0.717, 1.165) is 0 Å².